The Hall–Kier alpha value is -2.87. The summed E-state index contributed by atoms with van der Waals surface area (Å²) >= 11 is 5.85. The van der Waals surface area contributed by atoms with E-state index in [4.69, 9.17) is 16.3 Å². The number of aromatic amines is 1. The molecule has 0 radical (unpaired) electrons. The van der Waals surface area contributed by atoms with Crippen LogP contribution in [-0.2, 0) is 17.6 Å². The summed E-state index contributed by atoms with van der Waals surface area (Å²) in [6, 6.07) is 13.4. The monoisotopic (exact) mass is 526 g/mol. The van der Waals surface area contributed by atoms with Gasteiger partial charge in [0.05, 0.1) is 12.1 Å². The van der Waals surface area contributed by atoms with Crippen molar-refractivity contribution < 1.29 is 14.3 Å². The molecule has 2 aromatic carbocycles. The Bertz CT molecular complexity index is 1220. The fourth-order valence-corrected chi connectivity index (χ4v) is 4.52. The van der Waals surface area contributed by atoms with E-state index in [1.165, 1.54) is 22.0 Å². The Balaban J connectivity index is 0.000000214. The van der Waals surface area contributed by atoms with E-state index in [1.807, 2.05) is 27.7 Å². The predicted octanol–water partition coefficient (Wildman–Crippen LogP) is 5.22. The van der Waals surface area contributed by atoms with E-state index in [0.29, 0.717) is 17.2 Å². The van der Waals surface area contributed by atoms with Crippen molar-refractivity contribution >= 4 is 34.4 Å². The number of nitrogens with one attached hydrogen (secondary N) is 3. The Morgan fingerprint density at radius 3 is 2.59 bits per heavy atom. The lowest BCUT2D eigenvalue weighted by atomic mass is 10.0. The number of aromatic nitrogens is 1. The molecule has 7 nitrogen and oxygen atoms in total. The predicted molar refractivity (Wildman–Crippen MR) is 151 cm³/mol. The Morgan fingerprint density at radius 1 is 1.22 bits per heavy atom. The molecular weight excluding hydrogens is 488 g/mol. The summed E-state index contributed by atoms with van der Waals surface area (Å²) in [5.74, 6) is 0.0671. The molecule has 200 valence electrons. The minimum Gasteiger partial charge on any atom is -0.447 e. The third kappa shape index (κ3) is 8.88. The molecular formula is C29H39ClN4O3. The van der Waals surface area contributed by atoms with Gasteiger partial charge in [0, 0.05) is 39.8 Å². The van der Waals surface area contributed by atoms with Gasteiger partial charge in [0.1, 0.15) is 6.61 Å². The molecule has 0 aliphatic carbocycles. The van der Waals surface area contributed by atoms with Gasteiger partial charge in [-0.2, -0.15) is 0 Å². The van der Waals surface area contributed by atoms with Gasteiger partial charge in [-0.15, -0.1) is 0 Å². The van der Waals surface area contributed by atoms with Gasteiger partial charge in [-0.1, -0.05) is 29.8 Å². The lowest BCUT2D eigenvalue weighted by Crippen LogP contribution is -2.46. The zero-order chi connectivity index (χ0) is 27.2. The minimum atomic E-state index is -0.311. The second kappa shape index (κ2) is 12.6. The van der Waals surface area contributed by atoms with Gasteiger partial charge in [-0.25, -0.2) is 4.79 Å². The van der Waals surface area contributed by atoms with Crippen LogP contribution in [0.3, 0.4) is 0 Å². The van der Waals surface area contributed by atoms with E-state index in [2.05, 4.69) is 59.0 Å². The summed E-state index contributed by atoms with van der Waals surface area (Å²) in [7, 11) is 4.17. The number of nitrogens with zero attached hydrogens (tertiary/aromatic N) is 1. The summed E-state index contributed by atoms with van der Waals surface area (Å²) in [5.41, 5.74) is 4.31. The van der Waals surface area contributed by atoms with Crippen LogP contribution in [0.5, 0.6) is 0 Å². The SMILES string of the molecule is CC(NC(C)(C)C)C(=O)c1cccc(Cl)c1.CN(C)CCc1c[nH]c2ccc(C[C@H]3COC(=O)N3)cc12. The number of hydrogen-bond acceptors (Lipinski definition) is 5. The van der Waals surface area contributed by atoms with Crippen molar-refractivity contribution in [2.24, 2.45) is 0 Å². The number of amides is 1. The fourth-order valence-electron chi connectivity index (χ4n) is 4.33. The first kappa shape index (κ1) is 28.7. The van der Waals surface area contributed by atoms with Crippen LogP contribution < -0.4 is 10.6 Å². The van der Waals surface area contributed by atoms with Gasteiger partial charge in [0.25, 0.3) is 0 Å². The Morgan fingerprint density at radius 2 is 1.97 bits per heavy atom. The molecule has 3 N–H and O–H groups in total. The first-order valence-electron chi connectivity index (χ1n) is 12.7. The molecule has 0 saturated carbocycles. The van der Waals surface area contributed by atoms with Crippen molar-refractivity contribution in [3.05, 3.63) is 70.4 Å². The quantitative estimate of drug-likeness (QED) is 0.350. The van der Waals surface area contributed by atoms with E-state index >= 15 is 0 Å². The van der Waals surface area contributed by atoms with Gasteiger partial charge in [-0.3, -0.25) is 4.79 Å². The Kier molecular flexibility index (Phi) is 9.76. The van der Waals surface area contributed by atoms with Crippen LogP contribution in [0.15, 0.2) is 48.7 Å². The number of ether oxygens (including phenoxy) is 1. The molecule has 1 aliphatic rings. The van der Waals surface area contributed by atoms with E-state index in [0.717, 1.165) is 19.4 Å². The molecule has 3 aromatic rings. The largest absolute Gasteiger partial charge is 0.447 e. The van der Waals surface area contributed by atoms with Crippen molar-refractivity contribution in [1.29, 1.82) is 0 Å². The molecule has 1 aromatic heterocycles. The average Bonchev–Trinajstić information content (AvgIpc) is 3.41. The first-order valence-corrected chi connectivity index (χ1v) is 13.0. The van der Waals surface area contributed by atoms with Crippen LogP contribution >= 0.6 is 11.6 Å². The van der Waals surface area contributed by atoms with Crippen LogP contribution in [0.2, 0.25) is 5.02 Å². The van der Waals surface area contributed by atoms with Crippen molar-refractivity contribution in [1.82, 2.24) is 20.5 Å². The third-order valence-corrected chi connectivity index (χ3v) is 6.27. The van der Waals surface area contributed by atoms with E-state index in [-0.39, 0.29) is 29.5 Å². The number of carbonyl (C=O) groups is 2. The highest BCUT2D eigenvalue weighted by Crippen LogP contribution is 2.22. The molecule has 2 heterocycles. The Labute approximate surface area is 224 Å². The topological polar surface area (TPSA) is 86.5 Å². The van der Waals surface area contributed by atoms with Gasteiger partial charge in [-0.05, 0) is 90.0 Å². The zero-order valence-corrected chi connectivity index (χ0v) is 23.4. The molecule has 0 spiro atoms. The highest BCUT2D eigenvalue weighted by Gasteiger charge is 2.22. The number of alkyl carbamates (subject to hydrolysis) is 1. The first-order chi connectivity index (χ1) is 17.4. The van der Waals surface area contributed by atoms with Gasteiger partial charge in [0.2, 0.25) is 0 Å². The van der Waals surface area contributed by atoms with E-state index < -0.39 is 0 Å². The molecule has 2 atom stereocenters. The molecule has 1 saturated heterocycles. The highest BCUT2D eigenvalue weighted by atomic mass is 35.5. The summed E-state index contributed by atoms with van der Waals surface area (Å²) in [4.78, 5) is 28.6. The number of rotatable bonds is 8. The van der Waals surface area contributed by atoms with Crippen LogP contribution in [0.1, 0.15) is 49.2 Å². The maximum absolute atomic E-state index is 12.1. The zero-order valence-electron chi connectivity index (χ0n) is 22.7. The smallest absolute Gasteiger partial charge is 0.407 e. The number of hydrogen-bond donors (Lipinski definition) is 3. The lowest BCUT2D eigenvalue weighted by Gasteiger charge is -2.25. The molecule has 8 heteroatoms. The number of benzene rings is 2. The van der Waals surface area contributed by atoms with Gasteiger partial charge >= 0.3 is 6.09 Å². The average molecular weight is 527 g/mol. The van der Waals surface area contributed by atoms with E-state index in [9.17, 15) is 9.59 Å². The van der Waals surface area contributed by atoms with Crippen molar-refractivity contribution in [3.8, 4) is 0 Å². The minimum absolute atomic E-state index is 0.0671. The summed E-state index contributed by atoms with van der Waals surface area (Å²) < 4.78 is 4.94. The second-order valence-corrected chi connectivity index (χ2v) is 11.3. The van der Waals surface area contributed by atoms with Crippen LogP contribution in [-0.4, -0.2) is 66.6 Å². The summed E-state index contributed by atoms with van der Waals surface area (Å²) in [5, 5.41) is 7.94. The molecule has 1 amide bonds. The number of fused-ring (bicyclic) bond motifs is 1. The number of halogens is 1. The van der Waals surface area contributed by atoms with Crippen molar-refractivity contribution in [2.45, 2.75) is 58.2 Å². The fraction of sp³-hybridized carbons (Fsp3) is 0.448. The van der Waals surface area contributed by atoms with Gasteiger partial charge < -0.3 is 25.3 Å². The summed E-state index contributed by atoms with van der Waals surface area (Å²) in [6.45, 7) is 9.47. The summed E-state index contributed by atoms with van der Waals surface area (Å²) in [6.07, 6.45) is 3.62. The highest BCUT2D eigenvalue weighted by molar-refractivity contribution is 6.31. The molecule has 1 unspecified atom stereocenters. The van der Waals surface area contributed by atoms with Crippen molar-refractivity contribution in [2.75, 3.05) is 27.2 Å². The molecule has 0 bridgehead atoms. The number of carbonyl (C=O) groups excluding carboxylic acids is 2. The number of ketones is 1. The van der Waals surface area contributed by atoms with Crippen LogP contribution in [0.25, 0.3) is 10.9 Å². The normalized spacial score (nSPS) is 16.2. The second-order valence-electron chi connectivity index (χ2n) is 10.9. The lowest BCUT2D eigenvalue weighted by molar-refractivity contribution is 0.0935. The van der Waals surface area contributed by atoms with E-state index in [1.54, 1.807) is 24.3 Å². The third-order valence-electron chi connectivity index (χ3n) is 6.03. The molecule has 4 rings (SSSR count). The number of cyclic esters (lactones) is 1. The number of Topliss-reactive ketones (excluding diaryl/α,β-unsaturated/α-hetero) is 1. The number of H-pyrrole nitrogens is 1. The maximum Gasteiger partial charge on any atom is 0.407 e. The van der Waals surface area contributed by atoms with Gasteiger partial charge in [0.15, 0.2) is 5.78 Å². The molecule has 1 aliphatic heterocycles. The maximum atomic E-state index is 12.1. The standard InChI is InChI=1S/C16H21N3O2.C13H18ClNO/c1-19(2)6-5-12-9-17-15-4-3-11(8-14(12)15)7-13-10-21-16(20)18-13;1-9(15-13(2,3)4)12(16)10-6-5-7-11(14)8-10/h3-4,8-9,13,17H,5-7,10H2,1-2H3,(H,18,20);5-9,15H,1-4H3/t13-;/m0./s1. The molecule has 37 heavy (non-hydrogen) atoms. The number of likely N-dealkylation sites (N-methyl/N-ethyl adjacent to an activating group) is 1. The van der Waals surface area contributed by atoms with Crippen LogP contribution in [0.4, 0.5) is 4.79 Å². The van der Waals surface area contributed by atoms with Crippen molar-refractivity contribution in [3.63, 3.8) is 0 Å². The molecule has 1 fully saturated rings. The van der Waals surface area contributed by atoms with Crippen LogP contribution in [0, 0.1) is 0 Å².